The first-order valence-corrected chi connectivity index (χ1v) is 9.62. The van der Waals surface area contributed by atoms with E-state index in [0.29, 0.717) is 32.5 Å². The van der Waals surface area contributed by atoms with Crippen LogP contribution in [-0.2, 0) is 25.6 Å². The van der Waals surface area contributed by atoms with Gasteiger partial charge >= 0.3 is 5.97 Å². The lowest BCUT2D eigenvalue weighted by Gasteiger charge is -2.38. The van der Waals surface area contributed by atoms with Crippen LogP contribution in [0.5, 0.6) is 5.75 Å². The van der Waals surface area contributed by atoms with Crippen molar-refractivity contribution in [1.82, 2.24) is 0 Å². The van der Waals surface area contributed by atoms with Crippen LogP contribution in [-0.4, -0.2) is 43.3 Å². The van der Waals surface area contributed by atoms with Gasteiger partial charge in [-0.05, 0) is 37.5 Å². The maximum atomic E-state index is 12.3. The lowest BCUT2D eigenvalue weighted by atomic mass is 9.75. The van der Waals surface area contributed by atoms with E-state index in [1.54, 1.807) is 7.11 Å². The topological polar surface area (TPSA) is 74.2 Å². The summed E-state index contributed by atoms with van der Waals surface area (Å²) in [5.74, 6) is -0.514. The fourth-order valence-corrected chi connectivity index (χ4v) is 3.71. The molecule has 0 spiro atoms. The minimum absolute atomic E-state index is 0.225. The van der Waals surface area contributed by atoms with Crippen LogP contribution >= 0.6 is 0 Å². The summed E-state index contributed by atoms with van der Waals surface area (Å²) < 4.78 is 22.2. The molecule has 3 rings (SSSR count). The second kappa shape index (κ2) is 9.37. The molecular weight excluding hydrogens is 360 g/mol. The van der Waals surface area contributed by atoms with Crippen molar-refractivity contribution in [3.63, 3.8) is 0 Å². The molecule has 2 atom stereocenters. The third kappa shape index (κ3) is 4.63. The predicted octanol–water partition coefficient (Wildman–Crippen LogP) is 3.71. The first-order valence-electron chi connectivity index (χ1n) is 9.62. The first kappa shape index (κ1) is 20.6. The van der Waals surface area contributed by atoms with Crippen molar-refractivity contribution in [3.8, 4) is 5.75 Å². The molecule has 1 aliphatic heterocycles. The molecular formula is C22H28O6. The molecule has 28 heavy (non-hydrogen) atoms. The van der Waals surface area contributed by atoms with Crippen LogP contribution in [0.4, 0.5) is 0 Å². The number of rotatable bonds is 8. The van der Waals surface area contributed by atoms with Crippen LogP contribution in [0.25, 0.3) is 0 Å². The maximum absolute atomic E-state index is 12.3. The van der Waals surface area contributed by atoms with Gasteiger partial charge in [0.1, 0.15) is 5.75 Å². The summed E-state index contributed by atoms with van der Waals surface area (Å²) in [5, 5.41) is 10.1. The number of carboxylic acid groups (broad SMARTS) is 1. The molecule has 1 heterocycles. The third-order valence-corrected chi connectivity index (χ3v) is 5.34. The lowest BCUT2D eigenvalue weighted by molar-refractivity contribution is -0.174. The lowest BCUT2D eigenvalue weighted by Crippen LogP contribution is -2.49. The second-order valence-electron chi connectivity index (χ2n) is 7.13. The Morgan fingerprint density at radius 2 is 2.00 bits per heavy atom. The van der Waals surface area contributed by atoms with Gasteiger partial charge in [-0.25, -0.2) is 4.79 Å². The smallest absolute Gasteiger partial charge is 0.336 e. The zero-order valence-electron chi connectivity index (χ0n) is 16.4. The van der Waals surface area contributed by atoms with Gasteiger partial charge in [-0.15, -0.1) is 0 Å². The average Bonchev–Trinajstić information content (AvgIpc) is 3.24. The van der Waals surface area contributed by atoms with Gasteiger partial charge in [-0.2, -0.15) is 0 Å². The Balaban J connectivity index is 1.75. The molecule has 0 bridgehead atoms. The molecule has 0 aromatic heterocycles. The van der Waals surface area contributed by atoms with Crippen molar-refractivity contribution in [2.45, 2.75) is 44.7 Å². The number of ether oxygens (including phenoxy) is 4. The van der Waals surface area contributed by atoms with E-state index in [9.17, 15) is 9.90 Å². The van der Waals surface area contributed by atoms with Gasteiger partial charge in [0.05, 0.1) is 26.9 Å². The summed E-state index contributed by atoms with van der Waals surface area (Å²) in [6, 6.07) is 7.47. The molecule has 1 aliphatic carbocycles. The monoisotopic (exact) mass is 388 g/mol. The van der Waals surface area contributed by atoms with Crippen molar-refractivity contribution >= 4 is 5.97 Å². The van der Waals surface area contributed by atoms with Crippen molar-refractivity contribution in [3.05, 3.63) is 53.6 Å². The molecule has 6 nitrogen and oxygen atoms in total. The van der Waals surface area contributed by atoms with Gasteiger partial charge in [0, 0.05) is 12.3 Å². The molecule has 1 N–H and O–H groups in total. The predicted molar refractivity (Wildman–Crippen MR) is 104 cm³/mol. The van der Waals surface area contributed by atoms with E-state index in [2.05, 4.69) is 0 Å². The van der Waals surface area contributed by atoms with Gasteiger partial charge in [0.2, 0.25) is 0 Å². The van der Waals surface area contributed by atoms with Crippen molar-refractivity contribution in [2.24, 2.45) is 5.92 Å². The average molecular weight is 388 g/mol. The van der Waals surface area contributed by atoms with E-state index in [0.717, 1.165) is 16.9 Å². The number of aliphatic carboxylic acids is 1. The summed E-state index contributed by atoms with van der Waals surface area (Å²) in [7, 11) is 1.61. The van der Waals surface area contributed by atoms with Crippen LogP contribution in [0, 0.1) is 5.92 Å². The summed E-state index contributed by atoms with van der Waals surface area (Å²) in [6.07, 6.45) is 7.45. The van der Waals surface area contributed by atoms with Crippen LogP contribution in [0.15, 0.2) is 48.1 Å². The van der Waals surface area contributed by atoms with E-state index in [1.807, 2.05) is 49.4 Å². The van der Waals surface area contributed by atoms with Gasteiger partial charge in [0.25, 0.3) is 0 Å². The van der Waals surface area contributed by atoms with Crippen LogP contribution in [0.2, 0.25) is 0 Å². The molecule has 2 aliphatic rings. The molecule has 0 amide bonds. The molecule has 152 valence electrons. The highest BCUT2D eigenvalue weighted by atomic mass is 16.7. The maximum Gasteiger partial charge on any atom is 0.336 e. The highest BCUT2D eigenvalue weighted by molar-refractivity contribution is 5.79. The fourth-order valence-electron chi connectivity index (χ4n) is 3.71. The number of hydrogen-bond donors (Lipinski definition) is 1. The van der Waals surface area contributed by atoms with Crippen molar-refractivity contribution in [1.29, 1.82) is 0 Å². The Morgan fingerprint density at radius 3 is 2.64 bits per heavy atom. The van der Waals surface area contributed by atoms with Crippen LogP contribution < -0.4 is 4.74 Å². The highest BCUT2D eigenvalue weighted by Crippen LogP contribution is 2.39. The SMILES string of the molecule is COc1ccc(CO[C@]2(C(=O)O)CCC=C[C@@H]2/C(C)=C/CC2OCCO2)cc1. The second-order valence-corrected chi connectivity index (χ2v) is 7.13. The minimum atomic E-state index is -1.29. The number of carbonyl (C=O) groups is 1. The van der Waals surface area contributed by atoms with Gasteiger partial charge in [0.15, 0.2) is 11.9 Å². The Bertz CT molecular complexity index is 717. The van der Waals surface area contributed by atoms with E-state index in [4.69, 9.17) is 18.9 Å². The molecule has 1 aromatic carbocycles. The number of hydrogen-bond acceptors (Lipinski definition) is 5. The zero-order chi connectivity index (χ0) is 20.0. The van der Waals surface area contributed by atoms with Gasteiger partial charge < -0.3 is 24.1 Å². The fraction of sp³-hybridized carbons (Fsp3) is 0.500. The molecule has 1 fully saturated rings. The van der Waals surface area contributed by atoms with Crippen LogP contribution in [0.3, 0.4) is 0 Å². The largest absolute Gasteiger partial charge is 0.497 e. The molecule has 0 saturated carbocycles. The normalized spacial score (nSPS) is 25.8. The molecule has 1 aromatic rings. The van der Waals surface area contributed by atoms with E-state index in [-0.39, 0.29) is 18.8 Å². The summed E-state index contributed by atoms with van der Waals surface area (Å²) in [5.41, 5.74) is 0.573. The summed E-state index contributed by atoms with van der Waals surface area (Å²) >= 11 is 0. The van der Waals surface area contributed by atoms with Crippen LogP contribution in [0.1, 0.15) is 31.7 Å². The van der Waals surface area contributed by atoms with E-state index < -0.39 is 11.6 Å². The number of methoxy groups -OCH3 is 1. The Hall–Kier alpha value is -2.15. The third-order valence-electron chi connectivity index (χ3n) is 5.34. The number of benzene rings is 1. The standard InChI is InChI=1S/C22H28O6/c1-16(6-11-20-26-13-14-27-20)19-5-3-4-12-22(19,21(23)24)28-15-17-7-9-18(25-2)10-8-17/h3,5-10,19-20H,4,11-15H2,1-2H3,(H,23,24)/b16-6+/t19-,22-/m1/s1. The quantitative estimate of drug-likeness (QED) is 0.685. The molecule has 1 saturated heterocycles. The first-order chi connectivity index (χ1) is 13.5. The summed E-state index contributed by atoms with van der Waals surface area (Å²) in [6.45, 7) is 3.38. The van der Waals surface area contributed by atoms with Gasteiger partial charge in [-0.3, -0.25) is 0 Å². The van der Waals surface area contributed by atoms with E-state index in [1.165, 1.54) is 0 Å². The zero-order valence-corrected chi connectivity index (χ0v) is 16.4. The number of allylic oxidation sites excluding steroid dienone is 1. The van der Waals surface area contributed by atoms with E-state index >= 15 is 0 Å². The molecule has 6 heteroatoms. The Labute approximate surface area is 165 Å². The Kier molecular flexibility index (Phi) is 6.88. The highest BCUT2D eigenvalue weighted by Gasteiger charge is 2.47. The van der Waals surface area contributed by atoms with Gasteiger partial charge in [-0.1, -0.05) is 35.9 Å². The molecule has 0 unspecified atom stereocenters. The Morgan fingerprint density at radius 1 is 1.29 bits per heavy atom. The van der Waals surface area contributed by atoms with Crippen molar-refractivity contribution < 1.29 is 28.8 Å². The van der Waals surface area contributed by atoms with Crippen molar-refractivity contribution in [2.75, 3.05) is 20.3 Å². The molecule has 0 radical (unpaired) electrons. The summed E-state index contributed by atoms with van der Waals surface area (Å²) in [4.78, 5) is 12.3. The number of carboxylic acids is 1. The minimum Gasteiger partial charge on any atom is -0.497 e.